The van der Waals surface area contributed by atoms with Crippen molar-refractivity contribution in [3.8, 4) is 0 Å². The molecule has 0 aromatic heterocycles. The van der Waals surface area contributed by atoms with Gasteiger partial charge in [-0.15, -0.1) is 0 Å². The number of esters is 2. The monoisotopic (exact) mass is 532 g/mol. The van der Waals surface area contributed by atoms with Gasteiger partial charge in [-0.2, -0.15) is 39.5 Å². The Balaban J connectivity index is 5.23. The number of hydrogen-bond acceptors (Lipinski definition) is 4. The van der Waals surface area contributed by atoms with E-state index in [0.29, 0.717) is 19.3 Å². The maximum absolute atomic E-state index is 13.5. The summed E-state index contributed by atoms with van der Waals surface area (Å²) in [5.41, 5.74) is -1.99. The minimum absolute atomic E-state index is 0.296. The molecule has 13 heteroatoms. The lowest BCUT2D eigenvalue weighted by atomic mass is 9.58. The Bertz CT molecular complexity index is 746. The van der Waals surface area contributed by atoms with E-state index in [1.807, 2.05) is 41.5 Å². The molecule has 0 saturated heterocycles. The van der Waals surface area contributed by atoms with E-state index in [9.17, 15) is 49.1 Å². The highest BCUT2D eigenvalue weighted by Gasteiger charge is 2.81. The normalized spacial score (nSPS) is 16.0. The van der Waals surface area contributed by atoms with Crippen LogP contribution in [0, 0.1) is 16.2 Å². The molecule has 0 aromatic rings. The zero-order valence-electron chi connectivity index (χ0n) is 20.8. The standard InChI is InChI=1S/C22H33F9O4/c1-8-16(3,4)13-18(7,17(5,6)9-2)15(33)35-12-14(32)34-11-10-19(23,24)20(25,26)21(27,28)22(29,30)31/h8-13H2,1-7H3. The zero-order chi connectivity index (χ0) is 28.3. The van der Waals surface area contributed by atoms with Crippen molar-refractivity contribution < 1.29 is 58.6 Å². The summed E-state index contributed by atoms with van der Waals surface area (Å²) in [5.74, 6) is -21.9. The third-order valence-corrected chi connectivity index (χ3v) is 6.83. The van der Waals surface area contributed by atoms with Crippen LogP contribution in [0.15, 0.2) is 0 Å². The molecular formula is C22H33F9O4. The predicted molar refractivity (Wildman–Crippen MR) is 108 cm³/mol. The van der Waals surface area contributed by atoms with Crippen molar-refractivity contribution in [1.82, 2.24) is 0 Å². The van der Waals surface area contributed by atoms with Crippen LogP contribution in [0.1, 0.15) is 74.1 Å². The highest BCUT2D eigenvalue weighted by Crippen LogP contribution is 2.54. The van der Waals surface area contributed by atoms with E-state index in [0.717, 1.165) is 0 Å². The van der Waals surface area contributed by atoms with E-state index in [4.69, 9.17) is 4.74 Å². The molecule has 0 aliphatic heterocycles. The first kappa shape index (κ1) is 33.3. The summed E-state index contributed by atoms with van der Waals surface area (Å²) < 4.78 is 125. The number of rotatable bonds is 13. The van der Waals surface area contributed by atoms with Crippen LogP contribution in [0.25, 0.3) is 0 Å². The number of halogens is 9. The topological polar surface area (TPSA) is 52.6 Å². The summed E-state index contributed by atoms with van der Waals surface area (Å²) in [7, 11) is 0. The van der Waals surface area contributed by atoms with Gasteiger partial charge in [-0.1, -0.05) is 48.0 Å². The fourth-order valence-corrected chi connectivity index (χ4v) is 3.24. The van der Waals surface area contributed by atoms with E-state index < -0.39 is 66.3 Å². The minimum Gasteiger partial charge on any atom is -0.463 e. The van der Waals surface area contributed by atoms with Gasteiger partial charge in [-0.3, -0.25) is 4.79 Å². The second-order valence-corrected chi connectivity index (χ2v) is 10.2. The van der Waals surface area contributed by atoms with Gasteiger partial charge in [0, 0.05) is 0 Å². The zero-order valence-corrected chi connectivity index (χ0v) is 20.8. The van der Waals surface area contributed by atoms with Gasteiger partial charge >= 0.3 is 35.9 Å². The first-order valence-electron chi connectivity index (χ1n) is 10.9. The Kier molecular flexibility index (Phi) is 10.2. The molecule has 0 radical (unpaired) electrons. The van der Waals surface area contributed by atoms with Crippen molar-refractivity contribution in [2.24, 2.45) is 16.2 Å². The molecule has 208 valence electrons. The van der Waals surface area contributed by atoms with Crippen LogP contribution in [-0.2, 0) is 19.1 Å². The van der Waals surface area contributed by atoms with E-state index in [2.05, 4.69) is 4.74 Å². The maximum Gasteiger partial charge on any atom is 0.460 e. The number of ether oxygens (including phenoxy) is 2. The second-order valence-electron chi connectivity index (χ2n) is 10.2. The van der Waals surface area contributed by atoms with E-state index in [1.54, 1.807) is 6.92 Å². The van der Waals surface area contributed by atoms with Crippen molar-refractivity contribution in [1.29, 1.82) is 0 Å². The molecule has 0 rings (SSSR count). The lowest BCUT2D eigenvalue weighted by molar-refractivity contribution is -0.397. The fraction of sp³-hybridized carbons (Fsp3) is 0.909. The summed E-state index contributed by atoms with van der Waals surface area (Å²) in [6, 6.07) is 0. The highest BCUT2D eigenvalue weighted by atomic mass is 19.4. The molecule has 1 unspecified atom stereocenters. The molecule has 0 fully saturated rings. The predicted octanol–water partition coefficient (Wildman–Crippen LogP) is 7.20. The molecule has 0 saturated carbocycles. The van der Waals surface area contributed by atoms with Gasteiger partial charge in [0.2, 0.25) is 0 Å². The van der Waals surface area contributed by atoms with Gasteiger partial charge in [0.05, 0.1) is 18.4 Å². The van der Waals surface area contributed by atoms with E-state index >= 15 is 0 Å². The van der Waals surface area contributed by atoms with Crippen LogP contribution in [0.3, 0.4) is 0 Å². The highest BCUT2D eigenvalue weighted by molar-refractivity contribution is 5.81. The Morgan fingerprint density at radius 2 is 1.20 bits per heavy atom. The molecule has 0 spiro atoms. The number of carbonyl (C=O) groups excluding carboxylic acids is 2. The van der Waals surface area contributed by atoms with Crippen LogP contribution in [0.2, 0.25) is 0 Å². The minimum atomic E-state index is -7.02. The first-order chi connectivity index (χ1) is 15.4. The molecule has 35 heavy (non-hydrogen) atoms. The molecule has 4 nitrogen and oxygen atoms in total. The SMILES string of the molecule is CCC(C)(C)CC(C)(C(=O)OCC(=O)OCCC(F)(F)C(F)(F)C(F)(F)C(F)(F)F)C(C)(C)CC. The third kappa shape index (κ3) is 7.18. The van der Waals surface area contributed by atoms with Crippen LogP contribution in [-0.4, -0.2) is 49.1 Å². The smallest absolute Gasteiger partial charge is 0.460 e. The Morgan fingerprint density at radius 3 is 1.60 bits per heavy atom. The molecular weight excluding hydrogens is 499 g/mol. The van der Waals surface area contributed by atoms with Crippen LogP contribution >= 0.6 is 0 Å². The van der Waals surface area contributed by atoms with Gasteiger partial charge in [-0.05, 0) is 30.6 Å². The summed E-state index contributed by atoms with van der Waals surface area (Å²) in [6.07, 6.45) is -7.63. The molecule has 0 aromatic carbocycles. The lowest BCUT2D eigenvalue weighted by Crippen LogP contribution is -2.61. The van der Waals surface area contributed by atoms with Crippen molar-refractivity contribution in [2.75, 3.05) is 13.2 Å². The molecule has 0 N–H and O–H groups in total. The van der Waals surface area contributed by atoms with Crippen LogP contribution in [0.5, 0.6) is 0 Å². The van der Waals surface area contributed by atoms with Crippen molar-refractivity contribution in [3.05, 3.63) is 0 Å². The first-order valence-corrected chi connectivity index (χ1v) is 10.9. The van der Waals surface area contributed by atoms with E-state index in [1.165, 1.54) is 0 Å². The summed E-state index contributed by atoms with van der Waals surface area (Å²) >= 11 is 0. The van der Waals surface area contributed by atoms with Gasteiger partial charge in [0.1, 0.15) is 0 Å². The van der Waals surface area contributed by atoms with Crippen LogP contribution in [0.4, 0.5) is 39.5 Å². The Hall–Kier alpha value is -1.69. The van der Waals surface area contributed by atoms with Crippen molar-refractivity contribution in [3.63, 3.8) is 0 Å². The van der Waals surface area contributed by atoms with Gasteiger partial charge in [0.25, 0.3) is 0 Å². The molecule has 0 heterocycles. The van der Waals surface area contributed by atoms with Crippen LogP contribution < -0.4 is 0 Å². The number of hydrogen-bond donors (Lipinski definition) is 0. The average Bonchev–Trinajstić information content (AvgIpc) is 2.70. The molecule has 0 aliphatic carbocycles. The second kappa shape index (κ2) is 10.7. The average molecular weight is 532 g/mol. The maximum atomic E-state index is 13.5. The van der Waals surface area contributed by atoms with Crippen molar-refractivity contribution >= 4 is 11.9 Å². The van der Waals surface area contributed by atoms with Gasteiger partial charge in [0.15, 0.2) is 6.61 Å². The third-order valence-electron chi connectivity index (χ3n) is 6.83. The Morgan fingerprint density at radius 1 is 0.714 bits per heavy atom. The number of alkyl halides is 9. The number of carbonyl (C=O) groups is 2. The molecule has 0 amide bonds. The molecule has 0 aliphatic rings. The van der Waals surface area contributed by atoms with Gasteiger partial charge in [-0.25, -0.2) is 4.79 Å². The lowest BCUT2D eigenvalue weighted by Gasteiger charge is -2.45. The molecule has 1 atom stereocenters. The largest absolute Gasteiger partial charge is 0.463 e. The quantitative estimate of drug-likeness (QED) is 0.186. The summed E-state index contributed by atoms with van der Waals surface area (Å²) in [6.45, 7) is 10.2. The van der Waals surface area contributed by atoms with Gasteiger partial charge < -0.3 is 9.47 Å². The van der Waals surface area contributed by atoms with E-state index in [-0.39, 0.29) is 5.41 Å². The molecule has 0 bridgehead atoms. The fourth-order valence-electron chi connectivity index (χ4n) is 3.24. The summed E-state index contributed by atoms with van der Waals surface area (Å²) in [4.78, 5) is 24.7. The van der Waals surface area contributed by atoms with Crippen molar-refractivity contribution in [2.45, 2.75) is 98.1 Å². The summed E-state index contributed by atoms with van der Waals surface area (Å²) in [5, 5.41) is 0. The Labute approximate surface area is 198 Å².